The molecule has 3 nitrogen and oxygen atoms in total. The lowest BCUT2D eigenvalue weighted by Gasteiger charge is -2.00. The van der Waals surface area contributed by atoms with Crippen LogP contribution in [-0.4, -0.2) is 5.91 Å². The van der Waals surface area contributed by atoms with Gasteiger partial charge in [0.15, 0.2) is 0 Å². The molecule has 0 aliphatic heterocycles. The van der Waals surface area contributed by atoms with E-state index in [1.165, 1.54) is 23.8 Å². The van der Waals surface area contributed by atoms with Crippen molar-refractivity contribution in [3.05, 3.63) is 28.2 Å². The second-order valence-corrected chi connectivity index (χ2v) is 5.47. The highest BCUT2D eigenvalue weighted by Crippen LogP contribution is 2.36. The first-order valence-corrected chi connectivity index (χ1v) is 7.06. The molecule has 1 aliphatic carbocycles. The third kappa shape index (κ3) is 2.62. The van der Waals surface area contributed by atoms with Crippen molar-refractivity contribution < 1.29 is 4.79 Å². The lowest BCUT2D eigenvalue weighted by Crippen LogP contribution is -2.07. The minimum Gasteiger partial charge on any atom is -0.313 e. The molecule has 0 atom stereocenters. The normalized spacial score (nSPS) is 14.9. The summed E-state index contributed by atoms with van der Waals surface area (Å²) in [6.45, 7) is 1.80. The summed E-state index contributed by atoms with van der Waals surface area (Å²) in [4.78, 5) is 12.8. The number of nitrogens with one attached hydrogen (secondary N) is 1. The van der Waals surface area contributed by atoms with Gasteiger partial charge in [0.2, 0.25) is 5.91 Å². The molecule has 18 heavy (non-hydrogen) atoms. The number of allylic oxidation sites excluding steroid dienone is 1. The Morgan fingerprint density at radius 3 is 2.89 bits per heavy atom. The van der Waals surface area contributed by atoms with E-state index < -0.39 is 0 Å². The zero-order valence-corrected chi connectivity index (χ0v) is 11.3. The van der Waals surface area contributed by atoms with E-state index in [1.807, 2.05) is 0 Å². The first kappa shape index (κ1) is 12.8. The Balaban J connectivity index is 2.32. The standard InChI is InChI=1S/C14H16N2OS/c1-2-6-13(17)16-14-11(9-15)10-7-4-3-5-8-12(10)18-14/h2,6H,3-5,7-8H2,1H3,(H,16,17)/b6-2-. The lowest BCUT2D eigenvalue weighted by molar-refractivity contribution is -0.111. The zero-order valence-electron chi connectivity index (χ0n) is 10.5. The number of hydrogen-bond acceptors (Lipinski definition) is 3. The van der Waals surface area contributed by atoms with Crippen molar-refractivity contribution in [3.8, 4) is 6.07 Å². The highest BCUT2D eigenvalue weighted by molar-refractivity contribution is 7.16. The molecule has 1 amide bonds. The van der Waals surface area contributed by atoms with Crippen molar-refractivity contribution in [1.82, 2.24) is 0 Å². The summed E-state index contributed by atoms with van der Waals surface area (Å²) < 4.78 is 0. The Hall–Kier alpha value is -1.60. The van der Waals surface area contributed by atoms with E-state index in [2.05, 4.69) is 11.4 Å². The van der Waals surface area contributed by atoms with Crippen LogP contribution in [0.5, 0.6) is 0 Å². The molecule has 0 unspecified atom stereocenters. The second-order valence-electron chi connectivity index (χ2n) is 4.37. The van der Waals surface area contributed by atoms with Gasteiger partial charge in [-0.15, -0.1) is 11.3 Å². The highest BCUT2D eigenvalue weighted by Gasteiger charge is 2.20. The average Bonchev–Trinajstić information content (AvgIpc) is 2.52. The molecule has 0 radical (unpaired) electrons. The summed E-state index contributed by atoms with van der Waals surface area (Å²) in [6.07, 6.45) is 8.72. The Kier molecular flexibility index (Phi) is 4.16. The SMILES string of the molecule is C/C=C\C(=O)Nc1sc2c(c1C#N)CCCCC2. The number of carbonyl (C=O) groups is 1. The van der Waals surface area contributed by atoms with Crippen LogP contribution in [0.2, 0.25) is 0 Å². The van der Waals surface area contributed by atoms with Crippen LogP contribution in [0.25, 0.3) is 0 Å². The minimum atomic E-state index is -0.162. The second kappa shape index (κ2) is 5.83. The molecule has 94 valence electrons. The number of amides is 1. The van der Waals surface area contributed by atoms with Crippen LogP contribution in [0.15, 0.2) is 12.2 Å². The van der Waals surface area contributed by atoms with Crippen molar-refractivity contribution in [2.24, 2.45) is 0 Å². The van der Waals surface area contributed by atoms with E-state index in [0.29, 0.717) is 10.6 Å². The van der Waals surface area contributed by atoms with Gasteiger partial charge in [-0.3, -0.25) is 4.79 Å². The Labute approximate surface area is 111 Å². The number of rotatable bonds is 2. The van der Waals surface area contributed by atoms with Crippen LogP contribution in [-0.2, 0) is 17.6 Å². The van der Waals surface area contributed by atoms with E-state index in [9.17, 15) is 10.1 Å². The Morgan fingerprint density at radius 2 is 2.17 bits per heavy atom. The van der Waals surface area contributed by atoms with Gasteiger partial charge in [-0.1, -0.05) is 12.5 Å². The van der Waals surface area contributed by atoms with Crippen LogP contribution in [0.4, 0.5) is 5.00 Å². The molecule has 1 aliphatic rings. The summed E-state index contributed by atoms with van der Waals surface area (Å²) in [6, 6.07) is 2.25. The van der Waals surface area contributed by atoms with E-state index in [1.54, 1.807) is 24.3 Å². The summed E-state index contributed by atoms with van der Waals surface area (Å²) >= 11 is 1.57. The molecular formula is C14H16N2OS. The summed E-state index contributed by atoms with van der Waals surface area (Å²) in [5, 5.41) is 12.8. The van der Waals surface area contributed by atoms with Gasteiger partial charge in [-0.2, -0.15) is 5.26 Å². The molecule has 0 saturated carbocycles. The fourth-order valence-corrected chi connectivity index (χ4v) is 3.50. The van der Waals surface area contributed by atoms with Crippen LogP contribution in [0.3, 0.4) is 0 Å². The molecular weight excluding hydrogens is 244 g/mol. The predicted molar refractivity (Wildman–Crippen MR) is 73.7 cm³/mol. The molecule has 1 aromatic rings. The van der Waals surface area contributed by atoms with E-state index >= 15 is 0 Å². The molecule has 0 saturated heterocycles. The van der Waals surface area contributed by atoms with Gasteiger partial charge >= 0.3 is 0 Å². The van der Waals surface area contributed by atoms with Crippen LogP contribution in [0.1, 0.15) is 42.2 Å². The number of fused-ring (bicyclic) bond motifs is 1. The first-order chi connectivity index (χ1) is 8.76. The topological polar surface area (TPSA) is 52.9 Å². The van der Waals surface area contributed by atoms with Crippen molar-refractivity contribution in [3.63, 3.8) is 0 Å². The maximum absolute atomic E-state index is 11.6. The summed E-state index contributed by atoms with van der Waals surface area (Å²) in [7, 11) is 0. The zero-order chi connectivity index (χ0) is 13.0. The fraction of sp³-hybridized carbons (Fsp3) is 0.429. The average molecular weight is 260 g/mol. The number of thiophene rings is 1. The third-order valence-corrected chi connectivity index (χ3v) is 4.30. The molecule has 0 fully saturated rings. The lowest BCUT2D eigenvalue weighted by atomic mass is 10.1. The quantitative estimate of drug-likeness (QED) is 0.654. The number of carbonyl (C=O) groups excluding carboxylic acids is 1. The van der Waals surface area contributed by atoms with Crippen molar-refractivity contribution >= 4 is 22.2 Å². The number of nitriles is 1. The van der Waals surface area contributed by atoms with Crippen molar-refractivity contribution in [2.75, 3.05) is 5.32 Å². The molecule has 0 bridgehead atoms. The van der Waals surface area contributed by atoms with Gasteiger partial charge in [0.25, 0.3) is 0 Å². The Morgan fingerprint density at radius 1 is 1.39 bits per heavy atom. The molecule has 1 aromatic heterocycles. The first-order valence-electron chi connectivity index (χ1n) is 6.24. The van der Waals surface area contributed by atoms with E-state index in [4.69, 9.17) is 0 Å². The molecule has 1 heterocycles. The number of anilines is 1. The van der Waals surface area contributed by atoms with Gasteiger partial charge in [0, 0.05) is 4.88 Å². The molecule has 1 N–H and O–H groups in total. The minimum absolute atomic E-state index is 0.162. The number of nitrogens with zero attached hydrogens (tertiary/aromatic N) is 1. The third-order valence-electron chi connectivity index (χ3n) is 3.09. The van der Waals surface area contributed by atoms with Gasteiger partial charge in [-0.05, 0) is 44.2 Å². The Bertz CT molecular complexity index is 523. The van der Waals surface area contributed by atoms with Crippen molar-refractivity contribution in [1.29, 1.82) is 5.26 Å². The number of hydrogen-bond donors (Lipinski definition) is 1. The van der Waals surface area contributed by atoms with Gasteiger partial charge < -0.3 is 5.32 Å². The van der Waals surface area contributed by atoms with Crippen LogP contribution < -0.4 is 5.32 Å². The van der Waals surface area contributed by atoms with Gasteiger partial charge in [-0.25, -0.2) is 0 Å². The number of aryl methyl sites for hydroxylation is 1. The van der Waals surface area contributed by atoms with E-state index in [-0.39, 0.29) is 5.91 Å². The molecule has 0 spiro atoms. The maximum atomic E-state index is 11.6. The predicted octanol–water partition coefficient (Wildman–Crippen LogP) is 3.40. The fourth-order valence-electron chi connectivity index (χ4n) is 2.25. The largest absolute Gasteiger partial charge is 0.313 e. The summed E-state index contributed by atoms with van der Waals surface area (Å²) in [5.41, 5.74) is 1.84. The molecule has 4 heteroatoms. The van der Waals surface area contributed by atoms with Crippen LogP contribution >= 0.6 is 11.3 Å². The molecule has 0 aromatic carbocycles. The highest BCUT2D eigenvalue weighted by atomic mass is 32.1. The van der Waals surface area contributed by atoms with Crippen LogP contribution in [0, 0.1) is 11.3 Å². The van der Waals surface area contributed by atoms with Gasteiger partial charge in [0.1, 0.15) is 11.1 Å². The summed E-state index contributed by atoms with van der Waals surface area (Å²) in [5.74, 6) is -0.162. The molecule has 2 rings (SSSR count). The van der Waals surface area contributed by atoms with E-state index in [0.717, 1.165) is 24.8 Å². The monoisotopic (exact) mass is 260 g/mol. The van der Waals surface area contributed by atoms with Crippen molar-refractivity contribution in [2.45, 2.75) is 39.0 Å². The smallest absolute Gasteiger partial charge is 0.248 e. The van der Waals surface area contributed by atoms with Gasteiger partial charge in [0.05, 0.1) is 5.56 Å². The maximum Gasteiger partial charge on any atom is 0.248 e.